The maximum absolute atomic E-state index is 14.9. The van der Waals surface area contributed by atoms with Crippen molar-refractivity contribution in [1.82, 2.24) is 4.90 Å². The molecule has 2 aliphatic heterocycles. The lowest BCUT2D eigenvalue weighted by molar-refractivity contribution is -0.147. The first-order chi connectivity index (χ1) is 19.6. The SMILES string of the molecule is CC1(C)C[C@](C)(c2ccc(Cl)cc2)c2ccccc2N1C(=O)[C@H](Cc1ccccc1)N1C(=O)[C@H]2CCCC[C@@H]2C1=O. The Morgan fingerprint density at radius 1 is 0.854 bits per heavy atom. The summed E-state index contributed by atoms with van der Waals surface area (Å²) in [4.78, 5) is 45.8. The first kappa shape index (κ1) is 27.7. The molecule has 2 fully saturated rings. The van der Waals surface area contributed by atoms with Crippen molar-refractivity contribution in [3.63, 3.8) is 0 Å². The van der Waals surface area contributed by atoms with E-state index in [1.165, 1.54) is 4.90 Å². The fourth-order valence-electron chi connectivity index (χ4n) is 7.76. The summed E-state index contributed by atoms with van der Waals surface area (Å²) in [6.07, 6.45) is 4.28. The highest BCUT2D eigenvalue weighted by atomic mass is 35.5. The molecular formula is C35H37ClN2O3. The monoisotopic (exact) mass is 568 g/mol. The Morgan fingerprint density at radius 3 is 2.07 bits per heavy atom. The molecule has 0 bridgehead atoms. The molecule has 0 unspecified atom stereocenters. The first-order valence-electron chi connectivity index (χ1n) is 14.7. The molecule has 0 spiro atoms. The van der Waals surface area contributed by atoms with Crippen LogP contribution < -0.4 is 4.90 Å². The average molecular weight is 569 g/mol. The van der Waals surface area contributed by atoms with Crippen molar-refractivity contribution < 1.29 is 14.4 Å². The lowest BCUT2D eigenvalue weighted by Crippen LogP contribution is -2.61. The van der Waals surface area contributed by atoms with Gasteiger partial charge in [-0.25, -0.2) is 0 Å². The topological polar surface area (TPSA) is 57.7 Å². The largest absolute Gasteiger partial charge is 0.305 e. The minimum atomic E-state index is -0.907. The second-order valence-corrected chi connectivity index (χ2v) is 13.2. The van der Waals surface area contributed by atoms with Crippen molar-refractivity contribution in [2.45, 2.75) is 76.3 Å². The van der Waals surface area contributed by atoms with E-state index in [-0.39, 0.29) is 35.0 Å². The normalized spacial score (nSPS) is 26.0. The molecule has 1 saturated carbocycles. The van der Waals surface area contributed by atoms with Gasteiger partial charge in [0.25, 0.3) is 5.91 Å². The van der Waals surface area contributed by atoms with Gasteiger partial charge in [0.2, 0.25) is 11.8 Å². The number of imide groups is 1. The fraction of sp³-hybridized carbons (Fsp3) is 0.400. The molecule has 0 N–H and O–H groups in total. The number of hydrogen-bond acceptors (Lipinski definition) is 3. The standard InChI is InChI=1S/C35H37ClN2O3/c1-34(2)22-35(3,24-17-19-25(36)20-18-24)28-15-9-10-16-29(28)38(34)33(41)30(21-23-11-5-4-6-12-23)37-31(39)26-13-7-8-14-27(26)32(37)40/h4-6,9-12,15-20,26-27,30H,7-8,13-14,21-22H2,1-3H3/t26-,27-,30-,35+/m0/s1. The van der Waals surface area contributed by atoms with Gasteiger partial charge < -0.3 is 4.90 Å². The van der Waals surface area contributed by atoms with Gasteiger partial charge in [-0.3, -0.25) is 19.3 Å². The summed E-state index contributed by atoms with van der Waals surface area (Å²) >= 11 is 6.24. The van der Waals surface area contributed by atoms with E-state index in [0.29, 0.717) is 17.9 Å². The van der Waals surface area contributed by atoms with E-state index < -0.39 is 11.6 Å². The number of rotatable bonds is 5. The average Bonchev–Trinajstić information content (AvgIpc) is 3.21. The Labute approximate surface area is 247 Å². The number of halogens is 1. The van der Waals surface area contributed by atoms with Crippen molar-refractivity contribution in [2.24, 2.45) is 11.8 Å². The van der Waals surface area contributed by atoms with Gasteiger partial charge in [0.05, 0.1) is 11.8 Å². The van der Waals surface area contributed by atoms with Gasteiger partial charge in [0, 0.05) is 28.1 Å². The molecule has 1 aliphatic carbocycles. The summed E-state index contributed by atoms with van der Waals surface area (Å²) < 4.78 is 0. The number of nitrogens with zero attached hydrogens (tertiary/aromatic N) is 2. The highest BCUT2D eigenvalue weighted by Gasteiger charge is 2.55. The van der Waals surface area contributed by atoms with E-state index in [0.717, 1.165) is 48.1 Å². The van der Waals surface area contributed by atoms with E-state index in [1.807, 2.05) is 65.6 Å². The third-order valence-electron chi connectivity index (χ3n) is 9.58. The Morgan fingerprint density at radius 2 is 1.44 bits per heavy atom. The van der Waals surface area contributed by atoms with Gasteiger partial charge in [-0.1, -0.05) is 92.0 Å². The van der Waals surface area contributed by atoms with Crippen LogP contribution in [0.25, 0.3) is 0 Å². The zero-order valence-corrected chi connectivity index (χ0v) is 24.7. The van der Waals surface area contributed by atoms with Crippen LogP contribution in [0, 0.1) is 11.8 Å². The van der Waals surface area contributed by atoms with Crippen LogP contribution in [-0.4, -0.2) is 34.2 Å². The molecule has 2 heterocycles. The van der Waals surface area contributed by atoms with E-state index in [2.05, 4.69) is 39.0 Å². The molecule has 0 radical (unpaired) electrons. The Bertz CT molecular complexity index is 1460. The number of para-hydroxylation sites is 1. The number of benzene rings is 3. The van der Waals surface area contributed by atoms with Crippen LogP contribution in [0.2, 0.25) is 5.02 Å². The molecule has 6 heteroatoms. The summed E-state index contributed by atoms with van der Waals surface area (Å²) in [6, 6.07) is 24.8. The minimum Gasteiger partial charge on any atom is -0.305 e. The summed E-state index contributed by atoms with van der Waals surface area (Å²) in [6.45, 7) is 6.39. The van der Waals surface area contributed by atoms with Crippen molar-refractivity contribution >= 4 is 35.0 Å². The number of carbonyl (C=O) groups excluding carboxylic acids is 3. The lowest BCUT2D eigenvalue weighted by atomic mass is 9.65. The van der Waals surface area contributed by atoms with E-state index in [4.69, 9.17) is 11.6 Å². The molecule has 5 nitrogen and oxygen atoms in total. The van der Waals surface area contributed by atoms with Crippen LogP contribution in [0.1, 0.15) is 69.6 Å². The van der Waals surface area contributed by atoms with Gasteiger partial charge in [-0.15, -0.1) is 0 Å². The van der Waals surface area contributed by atoms with Crippen LogP contribution in [0.15, 0.2) is 78.9 Å². The first-order valence-corrected chi connectivity index (χ1v) is 15.1. The highest BCUT2D eigenvalue weighted by molar-refractivity contribution is 6.30. The van der Waals surface area contributed by atoms with Crippen LogP contribution in [-0.2, 0) is 26.2 Å². The van der Waals surface area contributed by atoms with Crippen molar-refractivity contribution in [2.75, 3.05) is 4.90 Å². The van der Waals surface area contributed by atoms with Gasteiger partial charge in [0.1, 0.15) is 6.04 Å². The molecule has 3 amide bonds. The molecule has 0 aromatic heterocycles. The number of amides is 3. The highest BCUT2D eigenvalue weighted by Crippen LogP contribution is 2.51. The molecule has 3 aromatic rings. The van der Waals surface area contributed by atoms with Crippen LogP contribution in [0.5, 0.6) is 0 Å². The van der Waals surface area contributed by atoms with Crippen molar-refractivity contribution in [3.05, 3.63) is 101 Å². The van der Waals surface area contributed by atoms with Crippen LogP contribution in [0.4, 0.5) is 5.69 Å². The molecule has 4 atom stereocenters. The number of anilines is 1. The van der Waals surface area contributed by atoms with Crippen LogP contribution >= 0.6 is 11.6 Å². The van der Waals surface area contributed by atoms with Gasteiger partial charge >= 0.3 is 0 Å². The fourth-order valence-corrected chi connectivity index (χ4v) is 7.89. The number of likely N-dealkylation sites (tertiary alicyclic amines) is 1. The van der Waals surface area contributed by atoms with Gasteiger partial charge in [0.15, 0.2) is 0 Å². The lowest BCUT2D eigenvalue weighted by Gasteiger charge is -2.52. The predicted molar refractivity (Wildman–Crippen MR) is 162 cm³/mol. The van der Waals surface area contributed by atoms with Gasteiger partial charge in [-0.2, -0.15) is 0 Å². The number of hydrogen-bond donors (Lipinski definition) is 0. The van der Waals surface area contributed by atoms with Crippen LogP contribution in [0.3, 0.4) is 0 Å². The zero-order chi connectivity index (χ0) is 28.9. The Kier molecular flexibility index (Phi) is 7.05. The zero-order valence-electron chi connectivity index (χ0n) is 24.0. The Balaban J connectivity index is 1.45. The summed E-state index contributed by atoms with van der Waals surface area (Å²) in [5.74, 6) is -1.18. The van der Waals surface area contributed by atoms with Crippen molar-refractivity contribution in [3.8, 4) is 0 Å². The molecule has 6 rings (SSSR count). The maximum Gasteiger partial charge on any atom is 0.251 e. The smallest absolute Gasteiger partial charge is 0.251 e. The van der Waals surface area contributed by atoms with E-state index >= 15 is 0 Å². The summed E-state index contributed by atoms with van der Waals surface area (Å²) in [5.41, 5.74) is 2.94. The molecule has 3 aliphatic rings. The molecule has 41 heavy (non-hydrogen) atoms. The molecule has 3 aromatic carbocycles. The minimum absolute atomic E-state index is 0.178. The molecule has 212 valence electrons. The summed E-state index contributed by atoms with van der Waals surface area (Å²) in [5, 5.41) is 0.682. The predicted octanol–water partition coefficient (Wildman–Crippen LogP) is 6.95. The Hall–Kier alpha value is -3.44. The second-order valence-electron chi connectivity index (χ2n) is 12.8. The quantitative estimate of drug-likeness (QED) is 0.313. The molecular weight excluding hydrogens is 532 g/mol. The molecule has 1 saturated heterocycles. The third kappa shape index (κ3) is 4.68. The van der Waals surface area contributed by atoms with E-state index in [1.54, 1.807) is 0 Å². The van der Waals surface area contributed by atoms with Gasteiger partial charge in [-0.05, 0) is 68.0 Å². The number of carbonyl (C=O) groups is 3. The van der Waals surface area contributed by atoms with E-state index in [9.17, 15) is 14.4 Å². The second kappa shape index (κ2) is 10.4. The van der Waals surface area contributed by atoms with Crippen molar-refractivity contribution in [1.29, 1.82) is 0 Å². The number of fused-ring (bicyclic) bond motifs is 2. The maximum atomic E-state index is 14.9. The third-order valence-corrected chi connectivity index (χ3v) is 9.83. The summed E-state index contributed by atoms with van der Waals surface area (Å²) in [7, 11) is 0.